The number of nitrogens with one attached hydrogen (secondary N) is 1. The number of amides is 1. The summed E-state index contributed by atoms with van der Waals surface area (Å²) >= 11 is 0. The molecule has 0 saturated carbocycles. The smallest absolute Gasteiger partial charge is 0.228 e. The normalized spacial score (nSPS) is 11.3. The van der Waals surface area contributed by atoms with Crippen molar-refractivity contribution in [1.29, 1.82) is 0 Å². The molecule has 0 radical (unpaired) electrons. The summed E-state index contributed by atoms with van der Waals surface area (Å²) in [6.07, 6.45) is 3.92. The lowest BCUT2D eigenvalue weighted by Crippen LogP contribution is -2.15. The van der Waals surface area contributed by atoms with E-state index in [0.717, 1.165) is 16.9 Å². The Morgan fingerprint density at radius 1 is 1.04 bits per heavy atom. The van der Waals surface area contributed by atoms with Crippen molar-refractivity contribution < 1.29 is 4.79 Å². The van der Waals surface area contributed by atoms with Crippen LogP contribution in [0.1, 0.15) is 31.9 Å². The van der Waals surface area contributed by atoms with Crippen molar-refractivity contribution in [1.82, 2.24) is 9.78 Å². The van der Waals surface area contributed by atoms with Crippen LogP contribution in [0.25, 0.3) is 5.69 Å². The lowest BCUT2D eigenvalue weighted by Gasteiger charge is -2.19. The van der Waals surface area contributed by atoms with Crippen LogP contribution < -0.4 is 5.32 Å². The first-order valence-corrected chi connectivity index (χ1v) is 8.41. The number of benzene rings is 2. The highest BCUT2D eigenvalue weighted by atomic mass is 16.1. The minimum Gasteiger partial charge on any atom is -0.326 e. The molecular weight excluding hydrogens is 310 g/mol. The summed E-state index contributed by atoms with van der Waals surface area (Å²) in [5.41, 5.74) is 4.02. The molecule has 1 amide bonds. The molecular formula is C21H23N3O. The predicted octanol–water partition coefficient (Wildman–Crippen LogP) is 4.35. The number of anilines is 1. The molecule has 4 nitrogen and oxygen atoms in total. The summed E-state index contributed by atoms with van der Waals surface area (Å²) in [5, 5.41) is 7.26. The highest BCUT2D eigenvalue weighted by molar-refractivity contribution is 5.92. The molecule has 0 aliphatic heterocycles. The van der Waals surface area contributed by atoms with Crippen LogP contribution in [-0.4, -0.2) is 15.7 Å². The molecule has 0 spiro atoms. The Kier molecular flexibility index (Phi) is 4.70. The van der Waals surface area contributed by atoms with Gasteiger partial charge in [-0.15, -0.1) is 0 Å². The maximum atomic E-state index is 12.3. The highest BCUT2D eigenvalue weighted by Crippen LogP contribution is 2.23. The van der Waals surface area contributed by atoms with Crippen LogP contribution in [0.2, 0.25) is 0 Å². The van der Waals surface area contributed by atoms with Gasteiger partial charge in [0.05, 0.1) is 18.3 Å². The van der Waals surface area contributed by atoms with Crippen molar-refractivity contribution in [3.63, 3.8) is 0 Å². The Hall–Kier alpha value is -2.88. The largest absolute Gasteiger partial charge is 0.326 e. The predicted molar refractivity (Wildman–Crippen MR) is 101 cm³/mol. The maximum Gasteiger partial charge on any atom is 0.228 e. The van der Waals surface area contributed by atoms with Gasteiger partial charge in [0, 0.05) is 11.9 Å². The quantitative estimate of drug-likeness (QED) is 0.771. The van der Waals surface area contributed by atoms with Crippen molar-refractivity contribution in [2.24, 2.45) is 0 Å². The number of carbonyl (C=O) groups excluding carboxylic acids is 1. The van der Waals surface area contributed by atoms with Crippen molar-refractivity contribution in [3.05, 3.63) is 78.1 Å². The van der Waals surface area contributed by atoms with E-state index < -0.39 is 0 Å². The Balaban J connectivity index is 1.62. The minimum absolute atomic E-state index is 0.0453. The number of hydrogen-bond acceptors (Lipinski definition) is 2. The van der Waals surface area contributed by atoms with Gasteiger partial charge in [-0.25, -0.2) is 4.68 Å². The fourth-order valence-corrected chi connectivity index (χ4v) is 2.62. The number of hydrogen-bond donors (Lipinski definition) is 1. The second kappa shape index (κ2) is 6.93. The molecule has 25 heavy (non-hydrogen) atoms. The summed E-state index contributed by atoms with van der Waals surface area (Å²) in [5.74, 6) is -0.0453. The topological polar surface area (TPSA) is 46.9 Å². The Bertz CT molecular complexity index is 843. The highest BCUT2D eigenvalue weighted by Gasteiger charge is 2.13. The summed E-state index contributed by atoms with van der Waals surface area (Å²) in [4.78, 5) is 12.3. The van der Waals surface area contributed by atoms with Gasteiger partial charge in [0.2, 0.25) is 5.91 Å². The molecule has 4 heteroatoms. The molecule has 0 atom stereocenters. The van der Waals surface area contributed by atoms with Gasteiger partial charge in [-0.2, -0.15) is 5.10 Å². The SMILES string of the molecule is CC(C)(C)c1ccc(NC(=O)Cc2cnn(-c3ccccc3)c2)cc1. The fraction of sp³-hybridized carbons (Fsp3) is 0.238. The first-order chi connectivity index (χ1) is 11.9. The van der Waals surface area contributed by atoms with E-state index in [9.17, 15) is 4.79 Å². The van der Waals surface area contributed by atoms with Gasteiger partial charge >= 0.3 is 0 Å². The molecule has 0 saturated heterocycles. The van der Waals surface area contributed by atoms with E-state index in [0.29, 0.717) is 6.42 Å². The molecule has 3 rings (SSSR count). The van der Waals surface area contributed by atoms with Gasteiger partial charge in [0.25, 0.3) is 0 Å². The van der Waals surface area contributed by atoms with Gasteiger partial charge in [0.15, 0.2) is 0 Å². The van der Waals surface area contributed by atoms with Gasteiger partial charge < -0.3 is 5.32 Å². The van der Waals surface area contributed by atoms with Gasteiger partial charge in [-0.05, 0) is 40.8 Å². The van der Waals surface area contributed by atoms with Crippen LogP contribution in [0.5, 0.6) is 0 Å². The number of carbonyl (C=O) groups is 1. The van der Waals surface area contributed by atoms with Crippen LogP contribution in [-0.2, 0) is 16.6 Å². The van der Waals surface area contributed by atoms with Gasteiger partial charge in [-0.1, -0.05) is 51.1 Å². The number of aromatic nitrogens is 2. The second-order valence-electron chi connectivity index (χ2n) is 7.18. The number of nitrogens with zero attached hydrogens (tertiary/aromatic N) is 2. The lowest BCUT2D eigenvalue weighted by molar-refractivity contribution is -0.115. The van der Waals surface area contributed by atoms with Crippen LogP contribution >= 0.6 is 0 Å². The Morgan fingerprint density at radius 2 is 1.72 bits per heavy atom. The molecule has 0 bridgehead atoms. The Labute approximate surface area is 148 Å². The number of para-hydroxylation sites is 1. The van der Waals surface area contributed by atoms with E-state index in [4.69, 9.17) is 0 Å². The molecule has 0 fully saturated rings. The van der Waals surface area contributed by atoms with Crippen molar-refractivity contribution in [2.75, 3.05) is 5.32 Å². The van der Waals surface area contributed by atoms with E-state index in [1.165, 1.54) is 5.56 Å². The van der Waals surface area contributed by atoms with E-state index in [-0.39, 0.29) is 11.3 Å². The molecule has 128 valence electrons. The van der Waals surface area contributed by atoms with Crippen molar-refractivity contribution >= 4 is 11.6 Å². The summed E-state index contributed by atoms with van der Waals surface area (Å²) in [6.45, 7) is 6.51. The molecule has 1 aromatic heterocycles. The van der Waals surface area contributed by atoms with Crippen molar-refractivity contribution in [2.45, 2.75) is 32.6 Å². The monoisotopic (exact) mass is 333 g/mol. The molecule has 1 heterocycles. The van der Waals surface area contributed by atoms with E-state index >= 15 is 0 Å². The second-order valence-corrected chi connectivity index (χ2v) is 7.18. The molecule has 1 N–H and O–H groups in total. The lowest BCUT2D eigenvalue weighted by atomic mass is 9.87. The third-order valence-electron chi connectivity index (χ3n) is 4.06. The third-order valence-corrected chi connectivity index (χ3v) is 4.06. The summed E-state index contributed by atoms with van der Waals surface area (Å²) in [7, 11) is 0. The summed E-state index contributed by atoms with van der Waals surface area (Å²) in [6, 6.07) is 17.9. The summed E-state index contributed by atoms with van der Waals surface area (Å²) < 4.78 is 1.78. The van der Waals surface area contributed by atoms with Crippen LogP contribution in [0.3, 0.4) is 0 Å². The van der Waals surface area contributed by atoms with Gasteiger partial charge in [-0.3, -0.25) is 4.79 Å². The third kappa shape index (κ3) is 4.35. The average Bonchev–Trinajstić information content (AvgIpc) is 3.03. The first-order valence-electron chi connectivity index (χ1n) is 8.41. The fourth-order valence-electron chi connectivity index (χ4n) is 2.62. The first kappa shape index (κ1) is 17.0. The molecule has 0 aliphatic rings. The van der Waals surface area contributed by atoms with Crippen molar-refractivity contribution in [3.8, 4) is 5.69 Å². The van der Waals surface area contributed by atoms with Crippen LogP contribution in [0.4, 0.5) is 5.69 Å². The zero-order valence-corrected chi connectivity index (χ0v) is 14.9. The average molecular weight is 333 g/mol. The molecule has 0 aliphatic carbocycles. The molecule has 0 unspecified atom stereocenters. The zero-order chi connectivity index (χ0) is 17.9. The molecule has 2 aromatic carbocycles. The van der Waals surface area contributed by atoms with E-state index in [2.05, 4.69) is 43.3 Å². The van der Waals surface area contributed by atoms with E-state index in [1.54, 1.807) is 10.9 Å². The minimum atomic E-state index is -0.0453. The maximum absolute atomic E-state index is 12.3. The Morgan fingerprint density at radius 3 is 2.36 bits per heavy atom. The van der Waals surface area contributed by atoms with Crippen LogP contribution in [0, 0.1) is 0 Å². The van der Waals surface area contributed by atoms with Gasteiger partial charge in [0.1, 0.15) is 0 Å². The van der Waals surface area contributed by atoms with Crippen LogP contribution in [0.15, 0.2) is 67.0 Å². The zero-order valence-electron chi connectivity index (χ0n) is 14.9. The standard InChI is InChI=1S/C21H23N3O/c1-21(2,3)17-9-11-18(12-10-17)23-20(25)13-16-14-22-24(15-16)19-7-5-4-6-8-19/h4-12,14-15H,13H2,1-3H3,(H,23,25). The number of rotatable bonds is 4. The molecule has 3 aromatic rings. The van der Waals surface area contributed by atoms with E-state index in [1.807, 2.05) is 48.7 Å².